The van der Waals surface area contributed by atoms with E-state index in [1.807, 2.05) is 0 Å². The number of carbonyl (C=O) groups is 1. The van der Waals surface area contributed by atoms with Crippen molar-refractivity contribution in [2.45, 2.75) is 17.7 Å². The Morgan fingerprint density at radius 1 is 1.21 bits per heavy atom. The van der Waals surface area contributed by atoms with Crippen molar-refractivity contribution in [3.05, 3.63) is 24.3 Å². The van der Waals surface area contributed by atoms with E-state index in [1.54, 1.807) is 24.3 Å². The molecule has 1 aromatic rings. The fraction of sp³-hybridized carbons (Fsp3) is 0.462. The van der Waals surface area contributed by atoms with Gasteiger partial charge in [-0.3, -0.25) is 4.79 Å². The maximum Gasteiger partial charge on any atom is 0.223 e. The molecular weight excluding hydrogens is 264 g/mol. The zero-order valence-corrected chi connectivity index (χ0v) is 11.7. The van der Waals surface area contributed by atoms with Gasteiger partial charge in [-0.25, -0.2) is 8.42 Å². The van der Waals surface area contributed by atoms with E-state index in [0.29, 0.717) is 18.0 Å². The molecule has 0 radical (unpaired) electrons. The van der Waals surface area contributed by atoms with Gasteiger partial charge in [0.25, 0.3) is 0 Å². The van der Waals surface area contributed by atoms with E-state index in [4.69, 9.17) is 0 Å². The van der Waals surface area contributed by atoms with Gasteiger partial charge in [-0.05, 0) is 37.1 Å². The first-order valence-electron chi connectivity index (χ1n) is 6.28. The molecule has 0 aromatic heterocycles. The fourth-order valence-electron chi connectivity index (χ4n) is 1.70. The van der Waals surface area contributed by atoms with Crippen LogP contribution in [-0.4, -0.2) is 33.7 Å². The number of hydrogen-bond acceptors (Lipinski definition) is 4. The Kier molecular flexibility index (Phi) is 4.09. The predicted octanol–water partition coefficient (Wildman–Crippen LogP) is 1.03. The van der Waals surface area contributed by atoms with Crippen LogP contribution in [0.2, 0.25) is 0 Å². The lowest BCUT2D eigenvalue weighted by Crippen LogP contribution is -2.29. The summed E-state index contributed by atoms with van der Waals surface area (Å²) < 4.78 is 22.6. The minimum Gasteiger partial charge on any atom is -0.383 e. The van der Waals surface area contributed by atoms with E-state index in [9.17, 15) is 13.2 Å². The van der Waals surface area contributed by atoms with Crippen molar-refractivity contribution in [3.8, 4) is 0 Å². The molecule has 6 heteroatoms. The average molecular weight is 282 g/mol. The summed E-state index contributed by atoms with van der Waals surface area (Å²) in [5.74, 6) is 0.364. The molecule has 0 heterocycles. The van der Waals surface area contributed by atoms with E-state index in [-0.39, 0.29) is 11.8 Å². The van der Waals surface area contributed by atoms with Gasteiger partial charge in [0.2, 0.25) is 5.91 Å². The Labute approximate surface area is 113 Å². The van der Waals surface area contributed by atoms with Gasteiger partial charge in [-0.1, -0.05) is 0 Å². The van der Waals surface area contributed by atoms with Crippen LogP contribution in [0.3, 0.4) is 0 Å². The normalized spacial score (nSPS) is 15.0. The van der Waals surface area contributed by atoms with E-state index >= 15 is 0 Å². The monoisotopic (exact) mass is 282 g/mol. The molecule has 0 saturated heterocycles. The molecule has 104 valence electrons. The van der Waals surface area contributed by atoms with E-state index in [1.165, 1.54) is 6.26 Å². The third-order valence-electron chi connectivity index (χ3n) is 2.98. The maximum absolute atomic E-state index is 11.4. The number of hydrogen-bond donors (Lipinski definition) is 2. The molecule has 19 heavy (non-hydrogen) atoms. The lowest BCUT2D eigenvalue weighted by atomic mass is 10.3. The van der Waals surface area contributed by atoms with Gasteiger partial charge < -0.3 is 10.6 Å². The van der Waals surface area contributed by atoms with Gasteiger partial charge >= 0.3 is 0 Å². The van der Waals surface area contributed by atoms with Crippen LogP contribution >= 0.6 is 0 Å². The summed E-state index contributed by atoms with van der Waals surface area (Å²) in [6.07, 6.45) is 3.20. The van der Waals surface area contributed by atoms with Crippen LogP contribution in [0.4, 0.5) is 5.69 Å². The van der Waals surface area contributed by atoms with Crippen LogP contribution in [0.25, 0.3) is 0 Å². The van der Waals surface area contributed by atoms with Crippen molar-refractivity contribution < 1.29 is 13.2 Å². The van der Waals surface area contributed by atoms with E-state index in [2.05, 4.69) is 10.6 Å². The van der Waals surface area contributed by atoms with Crippen molar-refractivity contribution in [1.82, 2.24) is 5.32 Å². The Bertz CT molecular complexity index is 548. The highest BCUT2D eigenvalue weighted by Gasteiger charge is 2.28. The van der Waals surface area contributed by atoms with Gasteiger partial charge in [-0.15, -0.1) is 0 Å². The SMILES string of the molecule is CS(=O)(=O)c1ccc(NCCNC(=O)C2CC2)cc1. The van der Waals surface area contributed by atoms with Crippen molar-refractivity contribution in [1.29, 1.82) is 0 Å². The summed E-state index contributed by atoms with van der Waals surface area (Å²) in [4.78, 5) is 11.7. The van der Waals surface area contributed by atoms with Crippen LogP contribution in [0.1, 0.15) is 12.8 Å². The number of carbonyl (C=O) groups excluding carboxylic acids is 1. The summed E-state index contributed by atoms with van der Waals surface area (Å²) in [5, 5.41) is 5.98. The topological polar surface area (TPSA) is 75.3 Å². The fourth-order valence-corrected chi connectivity index (χ4v) is 2.33. The van der Waals surface area contributed by atoms with Crippen LogP contribution in [0.5, 0.6) is 0 Å². The van der Waals surface area contributed by atoms with Gasteiger partial charge in [0.05, 0.1) is 4.90 Å². The average Bonchev–Trinajstić information content (AvgIpc) is 3.18. The summed E-state index contributed by atoms with van der Waals surface area (Å²) in [5.41, 5.74) is 0.841. The number of rotatable bonds is 6. The molecule has 0 aliphatic heterocycles. The van der Waals surface area contributed by atoms with Crippen LogP contribution in [0.15, 0.2) is 29.2 Å². The molecular formula is C13H18N2O3S. The zero-order valence-electron chi connectivity index (χ0n) is 10.8. The summed E-state index contributed by atoms with van der Waals surface area (Å²) >= 11 is 0. The number of anilines is 1. The Hall–Kier alpha value is -1.56. The first-order chi connectivity index (χ1) is 8.97. The van der Waals surface area contributed by atoms with E-state index < -0.39 is 9.84 Å². The second kappa shape index (κ2) is 5.61. The molecule has 0 bridgehead atoms. The standard InChI is InChI=1S/C13H18N2O3S/c1-19(17,18)12-6-4-11(5-7-12)14-8-9-15-13(16)10-2-3-10/h4-7,10,14H,2-3,8-9H2,1H3,(H,15,16). The number of sulfone groups is 1. The Balaban J connectivity index is 1.75. The highest BCUT2D eigenvalue weighted by Crippen LogP contribution is 2.28. The van der Waals surface area contributed by atoms with Gasteiger partial charge in [-0.2, -0.15) is 0 Å². The largest absolute Gasteiger partial charge is 0.383 e. The summed E-state index contributed by atoms with van der Waals surface area (Å²) in [7, 11) is -3.14. The summed E-state index contributed by atoms with van der Waals surface area (Å²) in [6, 6.07) is 6.58. The Morgan fingerprint density at radius 2 is 1.84 bits per heavy atom. The highest BCUT2D eigenvalue weighted by atomic mass is 32.2. The van der Waals surface area contributed by atoms with Crippen molar-refractivity contribution in [3.63, 3.8) is 0 Å². The lowest BCUT2D eigenvalue weighted by Gasteiger charge is -2.08. The number of amides is 1. The summed E-state index contributed by atoms with van der Waals surface area (Å²) in [6.45, 7) is 1.19. The smallest absolute Gasteiger partial charge is 0.223 e. The molecule has 0 spiro atoms. The molecule has 2 N–H and O–H groups in total. The highest BCUT2D eigenvalue weighted by molar-refractivity contribution is 7.90. The molecule has 5 nitrogen and oxygen atoms in total. The van der Waals surface area contributed by atoms with Crippen LogP contribution < -0.4 is 10.6 Å². The second-order valence-electron chi connectivity index (χ2n) is 4.79. The molecule has 1 amide bonds. The van der Waals surface area contributed by atoms with Gasteiger partial charge in [0.1, 0.15) is 0 Å². The van der Waals surface area contributed by atoms with Crippen LogP contribution in [0, 0.1) is 5.92 Å². The molecule has 2 rings (SSSR count). The first kappa shape index (κ1) is 13.9. The molecule has 0 unspecified atom stereocenters. The molecule has 1 saturated carbocycles. The molecule has 1 aliphatic carbocycles. The third-order valence-corrected chi connectivity index (χ3v) is 4.11. The second-order valence-corrected chi connectivity index (χ2v) is 6.80. The minimum absolute atomic E-state index is 0.134. The number of nitrogens with one attached hydrogen (secondary N) is 2. The maximum atomic E-state index is 11.4. The molecule has 0 atom stereocenters. The molecule has 1 aromatic carbocycles. The minimum atomic E-state index is -3.14. The molecule has 1 fully saturated rings. The first-order valence-corrected chi connectivity index (χ1v) is 8.17. The Morgan fingerprint density at radius 3 is 2.37 bits per heavy atom. The van der Waals surface area contributed by atoms with Crippen LogP contribution in [-0.2, 0) is 14.6 Å². The quantitative estimate of drug-likeness (QED) is 0.764. The van der Waals surface area contributed by atoms with Crippen molar-refractivity contribution in [2.75, 3.05) is 24.7 Å². The third kappa shape index (κ3) is 4.24. The number of benzene rings is 1. The molecule has 1 aliphatic rings. The van der Waals surface area contributed by atoms with Gasteiger partial charge in [0, 0.05) is 31.0 Å². The van der Waals surface area contributed by atoms with Crippen molar-refractivity contribution in [2.24, 2.45) is 5.92 Å². The zero-order chi connectivity index (χ0) is 13.9. The van der Waals surface area contributed by atoms with Crippen molar-refractivity contribution >= 4 is 21.4 Å². The van der Waals surface area contributed by atoms with E-state index in [0.717, 1.165) is 18.5 Å². The predicted molar refractivity (Wildman–Crippen MR) is 73.8 cm³/mol. The lowest BCUT2D eigenvalue weighted by molar-refractivity contribution is -0.122. The van der Waals surface area contributed by atoms with Gasteiger partial charge in [0.15, 0.2) is 9.84 Å².